The second kappa shape index (κ2) is 4.07. The van der Waals surface area contributed by atoms with E-state index in [2.05, 4.69) is 10.3 Å². The van der Waals surface area contributed by atoms with Gasteiger partial charge in [0.15, 0.2) is 0 Å². The summed E-state index contributed by atoms with van der Waals surface area (Å²) in [5.74, 6) is 0. The van der Waals surface area contributed by atoms with Gasteiger partial charge in [0.2, 0.25) is 0 Å². The van der Waals surface area contributed by atoms with Crippen LogP contribution in [0.15, 0.2) is 24.4 Å². The highest BCUT2D eigenvalue weighted by atomic mass is 16.3. The van der Waals surface area contributed by atoms with Crippen molar-refractivity contribution in [3.8, 4) is 0 Å². The highest BCUT2D eigenvalue weighted by Crippen LogP contribution is 2.28. The summed E-state index contributed by atoms with van der Waals surface area (Å²) in [7, 11) is 0. The van der Waals surface area contributed by atoms with Crippen LogP contribution >= 0.6 is 0 Å². The summed E-state index contributed by atoms with van der Waals surface area (Å²) >= 11 is 0. The van der Waals surface area contributed by atoms with E-state index in [0.29, 0.717) is 0 Å². The Morgan fingerprint density at radius 1 is 1.50 bits per heavy atom. The largest absolute Gasteiger partial charge is 0.395 e. The molecule has 0 amide bonds. The molecule has 1 aliphatic rings. The van der Waals surface area contributed by atoms with Crippen LogP contribution in [-0.4, -0.2) is 29.8 Å². The molecule has 2 heterocycles. The van der Waals surface area contributed by atoms with E-state index in [1.54, 1.807) is 6.20 Å². The first-order valence-electron chi connectivity index (χ1n) is 5.10. The monoisotopic (exact) mass is 192 g/mol. The first-order valence-corrected chi connectivity index (χ1v) is 5.10. The van der Waals surface area contributed by atoms with Gasteiger partial charge in [0, 0.05) is 18.2 Å². The van der Waals surface area contributed by atoms with Crippen LogP contribution in [0.25, 0.3) is 0 Å². The number of pyridine rings is 1. The maximum atomic E-state index is 9.51. The lowest BCUT2D eigenvalue weighted by atomic mass is 9.78. The van der Waals surface area contributed by atoms with Crippen molar-refractivity contribution in [2.45, 2.75) is 18.3 Å². The molecule has 1 aromatic heterocycles. The SMILES string of the molecule is OCC1(c2ccccn2)CCCNC1. The zero-order chi connectivity index (χ0) is 9.86. The van der Waals surface area contributed by atoms with E-state index in [-0.39, 0.29) is 12.0 Å². The van der Waals surface area contributed by atoms with Crippen molar-refractivity contribution in [3.05, 3.63) is 30.1 Å². The number of hydrogen-bond donors (Lipinski definition) is 2. The van der Waals surface area contributed by atoms with Gasteiger partial charge in [0.05, 0.1) is 12.3 Å². The van der Waals surface area contributed by atoms with Gasteiger partial charge in [-0.2, -0.15) is 0 Å². The van der Waals surface area contributed by atoms with Crippen molar-refractivity contribution in [2.75, 3.05) is 19.7 Å². The molecule has 3 nitrogen and oxygen atoms in total. The molecule has 1 saturated heterocycles. The quantitative estimate of drug-likeness (QED) is 0.725. The number of piperidine rings is 1. The molecule has 0 aromatic carbocycles. The van der Waals surface area contributed by atoms with Gasteiger partial charge < -0.3 is 10.4 Å². The summed E-state index contributed by atoms with van der Waals surface area (Å²) in [6.45, 7) is 2.06. The van der Waals surface area contributed by atoms with E-state index >= 15 is 0 Å². The average molecular weight is 192 g/mol. The third-order valence-electron chi connectivity index (χ3n) is 2.98. The van der Waals surface area contributed by atoms with Crippen LogP contribution in [0, 0.1) is 0 Å². The Labute approximate surface area is 84.2 Å². The van der Waals surface area contributed by atoms with Gasteiger partial charge in [-0.3, -0.25) is 4.98 Å². The van der Waals surface area contributed by atoms with Crippen LogP contribution in [0.3, 0.4) is 0 Å². The molecule has 1 fully saturated rings. The van der Waals surface area contributed by atoms with Gasteiger partial charge in [-0.05, 0) is 31.5 Å². The molecular weight excluding hydrogens is 176 g/mol. The van der Waals surface area contributed by atoms with E-state index in [1.807, 2.05) is 18.2 Å². The first-order chi connectivity index (χ1) is 6.87. The fourth-order valence-corrected chi connectivity index (χ4v) is 2.08. The molecular formula is C11H16N2O. The van der Waals surface area contributed by atoms with Crippen LogP contribution in [0.1, 0.15) is 18.5 Å². The van der Waals surface area contributed by atoms with Crippen molar-refractivity contribution in [2.24, 2.45) is 0 Å². The lowest BCUT2D eigenvalue weighted by Crippen LogP contribution is -2.46. The number of aliphatic hydroxyl groups excluding tert-OH is 1. The minimum atomic E-state index is -0.153. The summed E-state index contributed by atoms with van der Waals surface area (Å²) in [4.78, 5) is 4.35. The van der Waals surface area contributed by atoms with E-state index in [0.717, 1.165) is 31.6 Å². The van der Waals surface area contributed by atoms with Crippen molar-refractivity contribution < 1.29 is 5.11 Å². The van der Waals surface area contributed by atoms with Crippen LogP contribution < -0.4 is 5.32 Å². The Hall–Kier alpha value is -0.930. The summed E-state index contributed by atoms with van der Waals surface area (Å²) in [5, 5.41) is 12.8. The molecule has 2 rings (SSSR count). The topological polar surface area (TPSA) is 45.2 Å². The van der Waals surface area contributed by atoms with Crippen LogP contribution in [0.2, 0.25) is 0 Å². The average Bonchev–Trinajstić information content (AvgIpc) is 2.31. The van der Waals surface area contributed by atoms with E-state index in [9.17, 15) is 5.11 Å². The summed E-state index contributed by atoms with van der Waals surface area (Å²) in [6, 6.07) is 5.89. The van der Waals surface area contributed by atoms with Crippen molar-refractivity contribution >= 4 is 0 Å². The third-order valence-corrected chi connectivity index (χ3v) is 2.98. The summed E-state index contributed by atoms with van der Waals surface area (Å²) in [6.07, 6.45) is 3.92. The summed E-state index contributed by atoms with van der Waals surface area (Å²) in [5.41, 5.74) is 0.856. The van der Waals surface area contributed by atoms with Crippen molar-refractivity contribution in [3.63, 3.8) is 0 Å². The van der Waals surface area contributed by atoms with Crippen molar-refractivity contribution in [1.29, 1.82) is 0 Å². The Morgan fingerprint density at radius 3 is 3.00 bits per heavy atom. The smallest absolute Gasteiger partial charge is 0.0555 e. The van der Waals surface area contributed by atoms with Gasteiger partial charge in [0.1, 0.15) is 0 Å². The van der Waals surface area contributed by atoms with Gasteiger partial charge in [-0.15, -0.1) is 0 Å². The number of aromatic nitrogens is 1. The number of hydrogen-bond acceptors (Lipinski definition) is 3. The Morgan fingerprint density at radius 2 is 2.43 bits per heavy atom. The maximum absolute atomic E-state index is 9.51. The molecule has 3 heteroatoms. The molecule has 1 aromatic rings. The zero-order valence-corrected chi connectivity index (χ0v) is 8.24. The molecule has 0 radical (unpaired) electrons. The molecule has 1 aliphatic heterocycles. The first kappa shape index (κ1) is 9.62. The molecule has 76 valence electrons. The second-order valence-corrected chi connectivity index (χ2v) is 3.93. The Balaban J connectivity index is 2.27. The van der Waals surface area contributed by atoms with Crippen LogP contribution in [-0.2, 0) is 5.41 Å². The van der Waals surface area contributed by atoms with E-state index in [4.69, 9.17) is 0 Å². The standard InChI is InChI=1S/C11H16N2O/c14-9-11(5-3-6-12-8-11)10-4-1-2-7-13-10/h1-2,4,7,12,14H,3,5-6,8-9H2. The molecule has 0 saturated carbocycles. The molecule has 0 spiro atoms. The second-order valence-electron chi connectivity index (χ2n) is 3.93. The summed E-state index contributed by atoms with van der Waals surface area (Å²) < 4.78 is 0. The number of rotatable bonds is 2. The van der Waals surface area contributed by atoms with Crippen molar-refractivity contribution in [1.82, 2.24) is 10.3 Å². The number of nitrogens with zero attached hydrogens (tertiary/aromatic N) is 1. The van der Waals surface area contributed by atoms with Gasteiger partial charge in [-0.1, -0.05) is 6.07 Å². The predicted octanol–water partition coefficient (Wildman–Crippen LogP) is 0.695. The highest BCUT2D eigenvalue weighted by molar-refractivity contribution is 5.19. The molecule has 14 heavy (non-hydrogen) atoms. The molecule has 2 N–H and O–H groups in total. The Bertz CT molecular complexity index is 281. The third kappa shape index (κ3) is 1.65. The molecule has 0 aliphatic carbocycles. The fourth-order valence-electron chi connectivity index (χ4n) is 2.08. The molecule has 1 unspecified atom stereocenters. The molecule has 0 bridgehead atoms. The van der Waals surface area contributed by atoms with Crippen LogP contribution in [0.4, 0.5) is 0 Å². The van der Waals surface area contributed by atoms with Gasteiger partial charge in [0.25, 0.3) is 0 Å². The van der Waals surface area contributed by atoms with Gasteiger partial charge >= 0.3 is 0 Å². The predicted molar refractivity (Wildman–Crippen MR) is 55.1 cm³/mol. The minimum Gasteiger partial charge on any atom is -0.395 e. The number of nitrogens with one attached hydrogen (secondary N) is 1. The van der Waals surface area contributed by atoms with Gasteiger partial charge in [-0.25, -0.2) is 0 Å². The normalized spacial score (nSPS) is 27.5. The maximum Gasteiger partial charge on any atom is 0.0555 e. The Kier molecular flexibility index (Phi) is 2.79. The lowest BCUT2D eigenvalue weighted by molar-refractivity contribution is 0.159. The number of aliphatic hydroxyl groups is 1. The lowest BCUT2D eigenvalue weighted by Gasteiger charge is -2.35. The zero-order valence-electron chi connectivity index (χ0n) is 8.24. The van der Waals surface area contributed by atoms with E-state index < -0.39 is 0 Å². The van der Waals surface area contributed by atoms with Crippen LogP contribution in [0.5, 0.6) is 0 Å². The molecule has 1 atom stereocenters. The fraction of sp³-hybridized carbons (Fsp3) is 0.545. The highest BCUT2D eigenvalue weighted by Gasteiger charge is 2.34. The van der Waals surface area contributed by atoms with E-state index in [1.165, 1.54) is 0 Å². The minimum absolute atomic E-state index is 0.153.